The van der Waals surface area contributed by atoms with E-state index in [-0.39, 0.29) is 12.2 Å². The first-order valence-corrected chi connectivity index (χ1v) is 6.23. The minimum Gasteiger partial charge on any atom is -0.469 e. The number of ketones is 1. The third-order valence-electron chi connectivity index (χ3n) is 3.10. The molecule has 0 aliphatic carbocycles. The summed E-state index contributed by atoms with van der Waals surface area (Å²) in [6.07, 6.45) is -0.215. The summed E-state index contributed by atoms with van der Waals surface area (Å²) in [6, 6.07) is 7.29. The van der Waals surface area contributed by atoms with E-state index in [4.69, 9.17) is 4.74 Å². The van der Waals surface area contributed by atoms with Crippen LogP contribution >= 0.6 is 0 Å². The normalized spacial score (nSPS) is 15.1. The zero-order chi connectivity index (χ0) is 13.7. The van der Waals surface area contributed by atoms with Gasteiger partial charge in [-0.15, -0.1) is 0 Å². The number of Topliss-reactive ketones (excluding diaryl/α,β-unsaturated/α-hetero) is 1. The van der Waals surface area contributed by atoms with Gasteiger partial charge >= 0.3 is 5.97 Å². The number of nitrogens with zero attached hydrogens (tertiary/aromatic N) is 1. The number of hydrogen-bond donors (Lipinski definition) is 0. The topological polar surface area (TPSA) is 55.8 Å². The lowest BCUT2D eigenvalue weighted by molar-refractivity contribution is -0.139. The van der Waals surface area contributed by atoms with Gasteiger partial charge < -0.3 is 14.4 Å². The summed E-state index contributed by atoms with van der Waals surface area (Å²) in [5, 5.41) is 0. The molecule has 0 bridgehead atoms. The number of carbonyl (C=O) groups excluding carboxylic acids is 2. The zero-order valence-electron chi connectivity index (χ0n) is 10.9. The minimum absolute atomic E-state index is 0.215. The van der Waals surface area contributed by atoms with Crippen molar-refractivity contribution in [2.75, 3.05) is 38.3 Å². The van der Waals surface area contributed by atoms with E-state index in [0.29, 0.717) is 5.56 Å². The molecule has 1 aliphatic heterocycles. The van der Waals surface area contributed by atoms with Crippen LogP contribution in [0.5, 0.6) is 0 Å². The summed E-state index contributed by atoms with van der Waals surface area (Å²) in [5.74, 6) is -0.734. The molecule has 19 heavy (non-hydrogen) atoms. The highest BCUT2D eigenvalue weighted by Gasteiger charge is 2.14. The number of rotatable bonds is 4. The maximum Gasteiger partial charge on any atom is 0.313 e. The molecular weight excluding hydrogens is 246 g/mol. The fraction of sp³-hybridized carbons (Fsp3) is 0.429. The predicted octanol–water partition coefficient (Wildman–Crippen LogP) is 1.27. The van der Waals surface area contributed by atoms with Gasteiger partial charge in [-0.05, 0) is 24.3 Å². The molecule has 1 heterocycles. The first-order valence-electron chi connectivity index (χ1n) is 6.23. The molecule has 1 aromatic rings. The van der Waals surface area contributed by atoms with Gasteiger partial charge in [0.1, 0.15) is 6.42 Å². The summed E-state index contributed by atoms with van der Waals surface area (Å²) in [7, 11) is 1.27. The summed E-state index contributed by atoms with van der Waals surface area (Å²) < 4.78 is 9.77. The van der Waals surface area contributed by atoms with Crippen LogP contribution in [0.3, 0.4) is 0 Å². The lowest BCUT2D eigenvalue weighted by Crippen LogP contribution is -2.36. The second-order valence-corrected chi connectivity index (χ2v) is 4.32. The van der Waals surface area contributed by atoms with Gasteiger partial charge in [0, 0.05) is 24.3 Å². The minimum atomic E-state index is -0.512. The maximum absolute atomic E-state index is 11.8. The van der Waals surface area contributed by atoms with Crippen LogP contribution in [-0.4, -0.2) is 45.2 Å². The fourth-order valence-corrected chi connectivity index (χ4v) is 1.99. The first-order chi connectivity index (χ1) is 9.20. The fourth-order valence-electron chi connectivity index (χ4n) is 1.99. The Morgan fingerprint density at radius 2 is 1.84 bits per heavy atom. The molecule has 5 nitrogen and oxygen atoms in total. The molecule has 1 aromatic carbocycles. The van der Waals surface area contributed by atoms with E-state index >= 15 is 0 Å². The molecule has 0 radical (unpaired) electrons. The van der Waals surface area contributed by atoms with Crippen molar-refractivity contribution in [1.29, 1.82) is 0 Å². The lowest BCUT2D eigenvalue weighted by atomic mass is 10.1. The first kappa shape index (κ1) is 13.5. The van der Waals surface area contributed by atoms with Crippen molar-refractivity contribution in [3.63, 3.8) is 0 Å². The van der Waals surface area contributed by atoms with Crippen molar-refractivity contribution in [3.8, 4) is 0 Å². The summed E-state index contributed by atoms with van der Waals surface area (Å²) >= 11 is 0. The molecule has 5 heteroatoms. The van der Waals surface area contributed by atoms with Gasteiger partial charge in [0.25, 0.3) is 0 Å². The van der Waals surface area contributed by atoms with Gasteiger partial charge in [-0.2, -0.15) is 0 Å². The lowest BCUT2D eigenvalue weighted by Gasteiger charge is -2.28. The van der Waals surface area contributed by atoms with Crippen molar-refractivity contribution >= 4 is 17.4 Å². The Labute approximate surface area is 112 Å². The van der Waals surface area contributed by atoms with E-state index in [1.54, 1.807) is 12.1 Å². The molecule has 0 unspecified atom stereocenters. The Morgan fingerprint density at radius 3 is 2.42 bits per heavy atom. The molecule has 1 aliphatic rings. The summed E-state index contributed by atoms with van der Waals surface area (Å²) in [6.45, 7) is 3.16. The number of carbonyl (C=O) groups is 2. The average molecular weight is 263 g/mol. The molecule has 0 atom stereocenters. The number of hydrogen-bond acceptors (Lipinski definition) is 5. The van der Waals surface area contributed by atoms with Gasteiger partial charge in [0.2, 0.25) is 0 Å². The molecule has 0 N–H and O–H groups in total. The van der Waals surface area contributed by atoms with Crippen LogP contribution in [0.1, 0.15) is 16.8 Å². The Morgan fingerprint density at radius 1 is 1.21 bits per heavy atom. The van der Waals surface area contributed by atoms with Gasteiger partial charge in [-0.25, -0.2) is 0 Å². The highest BCUT2D eigenvalue weighted by atomic mass is 16.5. The summed E-state index contributed by atoms with van der Waals surface area (Å²) in [4.78, 5) is 25.0. The van der Waals surface area contributed by atoms with E-state index in [9.17, 15) is 9.59 Å². The van der Waals surface area contributed by atoms with Crippen molar-refractivity contribution in [2.45, 2.75) is 6.42 Å². The van der Waals surface area contributed by atoms with Gasteiger partial charge in [0.05, 0.1) is 20.3 Å². The molecule has 2 rings (SSSR count). The highest BCUT2D eigenvalue weighted by molar-refractivity contribution is 6.06. The average Bonchev–Trinajstić information content (AvgIpc) is 2.48. The quantitative estimate of drug-likeness (QED) is 0.465. The number of esters is 1. The Hall–Kier alpha value is -1.88. The standard InChI is InChI=1S/C14H17NO4/c1-18-14(17)10-13(16)11-2-4-12(5-3-11)15-6-8-19-9-7-15/h2-5H,6-10H2,1H3. The number of ether oxygens (including phenoxy) is 2. The monoisotopic (exact) mass is 263 g/mol. The SMILES string of the molecule is COC(=O)CC(=O)c1ccc(N2CCOCC2)cc1. The van der Waals surface area contributed by atoms with E-state index < -0.39 is 5.97 Å². The van der Waals surface area contributed by atoms with Crippen LogP contribution in [0.25, 0.3) is 0 Å². The molecule has 0 saturated carbocycles. The van der Waals surface area contributed by atoms with Crippen LogP contribution in [0.15, 0.2) is 24.3 Å². The molecule has 1 saturated heterocycles. The summed E-state index contributed by atoms with van der Waals surface area (Å²) in [5.41, 5.74) is 1.60. The van der Waals surface area contributed by atoms with E-state index in [1.165, 1.54) is 7.11 Å². The Kier molecular flexibility index (Phi) is 4.52. The third kappa shape index (κ3) is 3.54. The van der Waals surface area contributed by atoms with Crippen LogP contribution in [0, 0.1) is 0 Å². The van der Waals surface area contributed by atoms with Crippen molar-refractivity contribution < 1.29 is 19.1 Å². The Bertz CT molecular complexity index is 449. The molecule has 102 valence electrons. The zero-order valence-corrected chi connectivity index (χ0v) is 10.9. The van der Waals surface area contributed by atoms with Crippen molar-refractivity contribution in [1.82, 2.24) is 0 Å². The number of morpholine rings is 1. The van der Waals surface area contributed by atoms with Crippen LogP contribution < -0.4 is 4.90 Å². The molecule has 1 fully saturated rings. The van der Waals surface area contributed by atoms with Crippen molar-refractivity contribution in [3.05, 3.63) is 29.8 Å². The van der Waals surface area contributed by atoms with E-state index in [0.717, 1.165) is 32.0 Å². The molecule has 0 aromatic heterocycles. The molecular formula is C14H17NO4. The van der Waals surface area contributed by atoms with Gasteiger partial charge in [-0.1, -0.05) is 0 Å². The van der Waals surface area contributed by atoms with Crippen molar-refractivity contribution in [2.24, 2.45) is 0 Å². The van der Waals surface area contributed by atoms with Gasteiger partial charge in [-0.3, -0.25) is 9.59 Å². The Balaban J connectivity index is 2.01. The molecule has 0 amide bonds. The second-order valence-electron chi connectivity index (χ2n) is 4.32. The van der Waals surface area contributed by atoms with E-state index in [2.05, 4.69) is 9.64 Å². The maximum atomic E-state index is 11.8. The smallest absolute Gasteiger partial charge is 0.313 e. The number of benzene rings is 1. The third-order valence-corrected chi connectivity index (χ3v) is 3.10. The van der Waals surface area contributed by atoms with Crippen LogP contribution in [0.2, 0.25) is 0 Å². The van der Waals surface area contributed by atoms with Gasteiger partial charge in [0.15, 0.2) is 5.78 Å². The van der Waals surface area contributed by atoms with E-state index in [1.807, 2.05) is 12.1 Å². The van der Waals surface area contributed by atoms with Crippen LogP contribution in [-0.2, 0) is 14.3 Å². The largest absolute Gasteiger partial charge is 0.469 e. The second kappa shape index (κ2) is 6.33. The number of methoxy groups -OCH3 is 1. The predicted molar refractivity (Wildman–Crippen MR) is 70.4 cm³/mol. The highest BCUT2D eigenvalue weighted by Crippen LogP contribution is 2.17. The number of anilines is 1. The van der Waals surface area contributed by atoms with Crippen LogP contribution in [0.4, 0.5) is 5.69 Å². The molecule has 0 spiro atoms.